The van der Waals surface area contributed by atoms with Crippen molar-refractivity contribution in [3.63, 3.8) is 0 Å². The Morgan fingerprint density at radius 2 is 1.57 bits per heavy atom. The van der Waals surface area contributed by atoms with Gasteiger partial charge in [0.15, 0.2) is 0 Å². The molecule has 9 heteroatoms. The van der Waals surface area contributed by atoms with Gasteiger partial charge in [-0.15, -0.1) is 0 Å². The average Bonchev–Trinajstić information content (AvgIpc) is 2.87. The summed E-state index contributed by atoms with van der Waals surface area (Å²) in [6.45, 7) is 10.9. The van der Waals surface area contributed by atoms with Crippen molar-refractivity contribution >= 4 is 29.2 Å². The number of carbonyl (C=O) groups is 3. The Kier molecular flexibility index (Phi) is 9.38. The molecule has 0 spiro atoms. The first-order valence-corrected chi connectivity index (χ1v) is 12.7. The molecule has 1 aliphatic rings. The smallest absolute Gasteiger partial charge is 0.318 e. The molecule has 0 atom stereocenters. The molecule has 2 aromatic rings. The van der Waals surface area contributed by atoms with Crippen molar-refractivity contribution in [3.8, 4) is 5.75 Å². The lowest BCUT2D eigenvalue weighted by Crippen LogP contribution is -2.50. The van der Waals surface area contributed by atoms with Crippen LogP contribution in [0.3, 0.4) is 0 Å². The number of amides is 4. The van der Waals surface area contributed by atoms with Crippen LogP contribution in [0, 0.1) is 0 Å². The Morgan fingerprint density at radius 3 is 2.11 bits per heavy atom. The molecular formula is C28H39N5O4. The number of carbonyl (C=O) groups excluding carboxylic acids is 3. The third-order valence-corrected chi connectivity index (χ3v) is 6.02. The number of ether oxygens (including phenoxy) is 1. The number of piperazine rings is 1. The topological polar surface area (TPSA) is 94.2 Å². The molecule has 0 unspecified atom stereocenters. The Labute approximate surface area is 219 Å². The Bertz CT molecular complexity index is 1060. The van der Waals surface area contributed by atoms with Crippen molar-refractivity contribution in [2.75, 3.05) is 56.6 Å². The molecule has 1 aliphatic heterocycles. The normalized spacial score (nSPS) is 13.6. The Hall–Kier alpha value is -3.75. The number of nitrogens with one attached hydrogen (secondary N) is 2. The summed E-state index contributed by atoms with van der Waals surface area (Å²) in [5.41, 5.74) is 1.99. The number of hydrogen-bond donors (Lipinski definition) is 2. The summed E-state index contributed by atoms with van der Waals surface area (Å²) in [4.78, 5) is 43.6. The summed E-state index contributed by atoms with van der Waals surface area (Å²) in [6, 6.07) is 14.6. The largest absolute Gasteiger partial charge is 0.497 e. The van der Waals surface area contributed by atoms with Crippen LogP contribution < -0.4 is 20.3 Å². The van der Waals surface area contributed by atoms with Gasteiger partial charge in [0, 0.05) is 55.2 Å². The second-order valence-electron chi connectivity index (χ2n) is 10.2. The third-order valence-electron chi connectivity index (χ3n) is 6.02. The average molecular weight is 510 g/mol. The minimum Gasteiger partial charge on any atom is -0.497 e. The Balaban J connectivity index is 1.51. The summed E-state index contributed by atoms with van der Waals surface area (Å²) in [5.74, 6) is 0.509. The molecule has 1 heterocycles. The molecule has 2 aromatic carbocycles. The molecule has 1 fully saturated rings. The highest BCUT2D eigenvalue weighted by molar-refractivity contribution is 5.95. The number of nitrogens with zero attached hydrogens (tertiary/aromatic N) is 3. The van der Waals surface area contributed by atoms with E-state index >= 15 is 0 Å². The maximum absolute atomic E-state index is 12.8. The highest BCUT2D eigenvalue weighted by atomic mass is 16.5. The van der Waals surface area contributed by atoms with Gasteiger partial charge in [-0.25, -0.2) is 4.79 Å². The number of anilines is 2. The van der Waals surface area contributed by atoms with Gasteiger partial charge in [0.25, 0.3) is 5.91 Å². The summed E-state index contributed by atoms with van der Waals surface area (Å²) in [7, 11) is 1.60. The summed E-state index contributed by atoms with van der Waals surface area (Å²) in [6.07, 6.45) is 0.762. The van der Waals surface area contributed by atoms with E-state index in [-0.39, 0.29) is 29.9 Å². The van der Waals surface area contributed by atoms with Crippen LogP contribution in [0.1, 0.15) is 44.5 Å². The van der Waals surface area contributed by atoms with E-state index in [1.54, 1.807) is 31.4 Å². The van der Waals surface area contributed by atoms with Crippen LogP contribution in [0.15, 0.2) is 48.5 Å². The van der Waals surface area contributed by atoms with Gasteiger partial charge in [-0.2, -0.15) is 0 Å². The van der Waals surface area contributed by atoms with E-state index in [1.165, 1.54) is 4.90 Å². The van der Waals surface area contributed by atoms with Gasteiger partial charge in [0.2, 0.25) is 5.91 Å². The lowest BCUT2D eigenvalue weighted by atomic mass is 10.1. The SMILES string of the molecule is CCCN(CC(=O)Nc1ccc(N2CCN(C(=O)c3ccc(OC)cc3)CC2)cc1)C(=O)NC(C)(C)C. The van der Waals surface area contributed by atoms with E-state index < -0.39 is 0 Å². The Morgan fingerprint density at radius 1 is 0.946 bits per heavy atom. The molecule has 2 N–H and O–H groups in total. The fourth-order valence-electron chi connectivity index (χ4n) is 4.14. The number of methoxy groups -OCH3 is 1. The van der Waals surface area contributed by atoms with Gasteiger partial charge in [0.05, 0.1) is 7.11 Å². The first kappa shape index (κ1) is 27.8. The molecule has 1 saturated heterocycles. The standard InChI is InChI=1S/C28H39N5O4/c1-6-15-33(27(36)30-28(2,3)4)20-25(34)29-22-9-11-23(12-10-22)31-16-18-32(19-17-31)26(35)21-7-13-24(37-5)14-8-21/h7-14H,6,15-20H2,1-5H3,(H,29,34)(H,30,36). The van der Waals surface area contributed by atoms with Crippen molar-refractivity contribution in [2.24, 2.45) is 0 Å². The molecule has 3 rings (SSSR count). The number of urea groups is 1. The van der Waals surface area contributed by atoms with Crippen LogP contribution in [0.25, 0.3) is 0 Å². The summed E-state index contributed by atoms with van der Waals surface area (Å²) < 4.78 is 5.17. The molecule has 0 aliphatic carbocycles. The predicted octanol–water partition coefficient (Wildman–Crippen LogP) is 3.82. The van der Waals surface area contributed by atoms with Gasteiger partial charge in [-0.1, -0.05) is 6.92 Å². The first-order valence-electron chi connectivity index (χ1n) is 12.7. The minimum absolute atomic E-state index is 0.0122. The van der Waals surface area contributed by atoms with Crippen molar-refractivity contribution in [3.05, 3.63) is 54.1 Å². The second kappa shape index (κ2) is 12.5. The van der Waals surface area contributed by atoms with E-state index in [0.717, 1.165) is 30.9 Å². The van der Waals surface area contributed by atoms with E-state index in [0.29, 0.717) is 30.9 Å². The number of hydrogen-bond acceptors (Lipinski definition) is 5. The first-order chi connectivity index (χ1) is 17.6. The lowest BCUT2D eigenvalue weighted by molar-refractivity contribution is -0.116. The molecule has 4 amide bonds. The van der Waals surface area contributed by atoms with Crippen LogP contribution >= 0.6 is 0 Å². The molecule has 0 bridgehead atoms. The highest BCUT2D eigenvalue weighted by Gasteiger charge is 2.23. The summed E-state index contributed by atoms with van der Waals surface area (Å²) in [5, 5.41) is 5.80. The fourth-order valence-corrected chi connectivity index (χ4v) is 4.14. The predicted molar refractivity (Wildman–Crippen MR) is 146 cm³/mol. The van der Waals surface area contributed by atoms with Crippen LogP contribution in [-0.4, -0.2) is 79.6 Å². The highest BCUT2D eigenvalue weighted by Crippen LogP contribution is 2.21. The number of benzene rings is 2. The second-order valence-corrected chi connectivity index (χ2v) is 10.2. The lowest BCUT2D eigenvalue weighted by Gasteiger charge is -2.36. The van der Waals surface area contributed by atoms with Gasteiger partial charge >= 0.3 is 6.03 Å². The molecule has 200 valence electrons. The summed E-state index contributed by atoms with van der Waals surface area (Å²) >= 11 is 0. The molecular weight excluding hydrogens is 470 g/mol. The minimum atomic E-state index is -0.371. The molecule has 37 heavy (non-hydrogen) atoms. The van der Waals surface area contributed by atoms with Gasteiger partial charge < -0.3 is 30.1 Å². The molecule has 0 aromatic heterocycles. The molecule has 9 nitrogen and oxygen atoms in total. The van der Waals surface area contributed by atoms with Crippen molar-refractivity contribution < 1.29 is 19.1 Å². The van der Waals surface area contributed by atoms with Crippen LogP contribution in [-0.2, 0) is 4.79 Å². The van der Waals surface area contributed by atoms with E-state index in [4.69, 9.17) is 4.74 Å². The van der Waals surface area contributed by atoms with Crippen molar-refractivity contribution in [1.29, 1.82) is 0 Å². The number of rotatable bonds is 8. The maximum atomic E-state index is 12.8. The van der Waals surface area contributed by atoms with Gasteiger partial charge in [0.1, 0.15) is 12.3 Å². The van der Waals surface area contributed by atoms with E-state index in [1.807, 2.05) is 56.9 Å². The zero-order chi connectivity index (χ0) is 27.0. The van der Waals surface area contributed by atoms with Crippen molar-refractivity contribution in [1.82, 2.24) is 15.1 Å². The monoisotopic (exact) mass is 509 g/mol. The van der Waals surface area contributed by atoms with Crippen LogP contribution in [0.2, 0.25) is 0 Å². The van der Waals surface area contributed by atoms with E-state index in [9.17, 15) is 14.4 Å². The molecule has 0 radical (unpaired) electrons. The van der Waals surface area contributed by atoms with Gasteiger partial charge in [-0.05, 0) is 75.7 Å². The van der Waals surface area contributed by atoms with Crippen LogP contribution in [0.4, 0.5) is 16.2 Å². The van der Waals surface area contributed by atoms with E-state index in [2.05, 4.69) is 15.5 Å². The molecule has 0 saturated carbocycles. The maximum Gasteiger partial charge on any atom is 0.318 e. The third kappa shape index (κ3) is 8.13. The zero-order valence-corrected chi connectivity index (χ0v) is 22.5. The van der Waals surface area contributed by atoms with Gasteiger partial charge in [-0.3, -0.25) is 9.59 Å². The van der Waals surface area contributed by atoms with Crippen LogP contribution in [0.5, 0.6) is 5.75 Å². The quantitative estimate of drug-likeness (QED) is 0.564. The van der Waals surface area contributed by atoms with Crippen molar-refractivity contribution in [2.45, 2.75) is 39.7 Å². The fraction of sp³-hybridized carbons (Fsp3) is 0.464. The zero-order valence-electron chi connectivity index (χ0n) is 22.5.